The highest BCUT2D eigenvalue weighted by atomic mass is 16.3. The molecular formula is C50H64N6O6. The van der Waals surface area contributed by atoms with Crippen molar-refractivity contribution in [3.05, 3.63) is 83.9 Å². The summed E-state index contributed by atoms with van der Waals surface area (Å²) in [6, 6.07) is 22.3. The summed E-state index contributed by atoms with van der Waals surface area (Å²) in [4.78, 5) is 58.1. The van der Waals surface area contributed by atoms with Crippen molar-refractivity contribution in [2.24, 2.45) is 11.8 Å². The predicted octanol–water partition coefficient (Wildman–Crippen LogP) is 7.08. The number of rotatable bonds is 16. The number of hydrogen-bond acceptors (Lipinski definition) is 8. The van der Waals surface area contributed by atoms with Gasteiger partial charge in [0.05, 0.1) is 12.1 Å². The van der Waals surface area contributed by atoms with E-state index in [0.717, 1.165) is 81.4 Å². The smallest absolute Gasteiger partial charge is 0.245 e. The molecule has 0 spiro atoms. The summed E-state index contributed by atoms with van der Waals surface area (Å²) in [5, 5.41) is 14.0. The Morgan fingerprint density at radius 1 is 0.581 bits per heavy atom. The first kappa shape index (κ1) is 44.6. The number of nitrogens with zero attached hydrogens (tertiary/aromatic N) is 2. The fourth-order valence-corrected chi connectivity index (χ4v) is 9.19. The van der Waals surface area contributed by atoms with E-state index < -0.39 is 24.2 Å². The van der Waals surface area contributed by atoms with Gasteiger partial charge in [-0.25, -0.2) is 0 Å². The topological polar surface area (TPSA) is 149 Å². The maximum absolute atomic E-state index is 14.2. The molecule has 4 heterocycles. The molecule has 0 unspecified atom stereocenters. The van der Waals surface area contributed by atoms with Crippen LogP contribution < -0.4 is 21.3 Å². The van der Waals surface area contributed by atoms with Crippen molar-refractivity contribution in [1.82, 2.24) is 31.1 Å². The summed E-state index contributed by atoms with van der Waals surface area (Å²) < 4.78 is 13.3. The van der Waals surface area contributed by atoms with Crippen molar-refractivity contribution < 1.29 is 28.0 Å². The minimum atomic E-state index is -0.621. The van der Waals surface area contributed by atoms with E-state index in [9.17, 15) is 19.2 Å². The average molecular weight is 845 g/mol. The van der Waals surface area contributed by atoms with Crippen LogP contribution in [0.1, 0.15) is 78.4 Å². The normalized spacial score (nSPS) is 18.7. The van der Waals surface area contributed by atoms with Crippen molar-refractivity contribution in [2.75, 3.05) is 27.2 Å². The molecule has 6 atom stereocenters. The van der Waals surface area contributed by atoms with Gasteiger partial charge in [0.1, 0.15) is 34.8 Å². The molecule has 12 heteroatoms. The van der Waals surface area contributed by atoms with E-state index in [1.54, 1.807) is 27.9 Å². The van der Waals surface area contributed by atoms with Crippen LogP contribution in [0.25, 0.3) is 44.6 Å². The summed E-state index contributed by atoms with van der Waals surface area (Å²) in [6.07, 6.45) is 4.73. The Bertz CT molecular complexity index is 2220. The maximum Gasteiger partial charge on any atom is 0.245 e. The lowest BCUT2D eigenvalue weighted by Crippen LogP contribution is -2.55. The lowest BCUT2D eigenvalue weighted by Gasteiger charge is -2.32. The number of likely N-dealkylation sites (N-methyl/N-ethyl adjacent to an activating group) is 2. The SMILES string of the molecule is CN[C@@H](C)C(=O)N[C@H](C(=O)N1CCC[C@@H]1Cc1c(-c2ccc(-c3oc4ccccc4c3C[C@@H]3CCCN3C(=O)[C@@H](NC(=O)[C@H](C)NC)C(C)C)cc2)oc2ccccc12)C(C)C. The molecule has 2 saturated heterocycles. The van der Waals surface area contributed by atoms with Crippen LogP contribution in [0.15, 0.2) is 81.6 Å². The van der Waals surface area contributed by atoms with Crippen molar-refractivity contribution in [3.8, 4) is 22.6 Å². The van der Waals surface area contributed by atoms with Gasteiger partial charge in [0.15, 0.2) is 0 Å². The van der Waals surface area contributed by atoms with E-state index in [1.165, 1.54) is 0 Å². The van der Waals surface area contributed by atoms with E-state index in [4.69, 9.17) is 8.83 Å². The molecule has 4 amide bonds. The first-order valence-corrected chi connectivity index (χ1v) is 22.5. The molecule has 62 heavy (non-hydrogen) atoms. The monoisotopic (exact) mass is 844 g/mol. The van der Waals surface area contributed by atoms with Gasteiger partial charge in [0, 0.05) is 58.2 Å². The third-order valence-corrected chi connectivity index (χ3v) is 13.1. The summed E-state index contributed by atoms with van der Waals surface area (Å²) >= 11 is 0. The number of hydrogen-bond donors (Lipinski definition) is 4. The fraction of sp³-hybridized carbons (Fsp3) is 0.480. The first-order valence-electron chi connectivity index (χ1n) is 22.5. The Balaban J connectivity index is 1.16. The zero-order chi connectivity index (χ0) is 44.2. The third kappa shape index (κ3) is 9.17. The number of carbonyl (C=O) groups is 4. The zero-order valence-corrected chi connectivity index (χ0v) is 37.5. The van der Waals surface area contributed by atoms with Gasteiger partial charge in [0.25, 0.3) is 0 Å². The van der Waals surface area contributed by atoms with Crippen LogP contribution in [0, 0.1) is 11.8 Å². The number of benzene rings is 3. The van der Waals surface area contributed by atoms with Crippen LogP contribution in [-0.2, 0) is 32.0 Å². The fourth-order valence-electron chi connectivity index (χ4n) is 9.19. The molecule has 5 aromatic rings. The van der Waals surface area contributed by atoms with E-state index >= 15 is 0 Å². The lowest BCUT2D eigenvalue weighted by molar-refractivity contribution is -0.138. The van der Waals surface area contributed by atoms with Crippen LogP contribution in [-0.4, -0.2) is 96.9 Å². The van der Waals surface area contributed by atoms with Gasteiger partial charge in [-0.2, -0.15) is 0 Å². The van der Waals surface area contributed by atoms with E-state index in [2.05, 4.69) is 57.7 Å². The van der Waals surface area contributed by atoms with Gasteiger partial charge in [-0.05, 0) is 90.4 Å². The highest BCUT2D eigenvalue weighted by Crippen LogP contribution is 2.40. The number of para-hydroxylation sites is 2. The molecule has 3 aromatic carbocycles. The Hall–Kier alpha value is -5.46. The maximum atomic E-state index is 14.2. The predicted molar refractivity (Wildman–Crippen MR) is 244 cm³/mol. The Morgan fingerprint density at radius 3 is 1.31 bits per heavy atom. The standard InChI is InChI=1S/C50H64N6O6/c1-29(2)43(53-47(57)31(5)51-7)49(59)55-25-13-15-35(55)27-39-37-17-9-11-19-41(37)61-45(39)33-21-23-34(24-22-33)46-40(38-18-10-12-20-42(38)62-46)28-36-16-14-26-56(36)50(60)44(30(3)4)54-48(58)32(6)52-8/h9-12,17-24,29-32,35-36,43-44,51-52H,13-16,25-28H2,1-8H3,(H,53,57)(H,54,58)/t31-,32-,35-,36+,43-,44-/m0/s1. The summed E-state index contributed by atoms with van der Waals surface area (Å²) in [5.41, 5.74) is 5.53. The third-order valence-electron chi connectivity index (χ3n) is 13.1. The zero-order valence-electron chi connectivity index (χ0n) is 37.5. The van der Waals surface area contributed by atoms with Crippen molar-refractivity contribution in [3.63, 3.8) is 0 Å². The molecule has 0 aliphatic carbocycles. The highest BCUT2D eigenvalue weighted by Gasteiger charge is 2.38. The Kier molecular flexibility index (Phi) is 13.9. The molecule has 2 aromatic heterocycles. The number of likely N-dealkylation sites (tertiary alicyclic amines) is 2. The second kappa shape index (κ2) is 19.3. The van der Waals surface area contributed by atoms with Gasteiger partial charge < -0.3 is 39.9 Å². The van der Waals surface area contributed by atoms with E-state index in [0.29, 0.717) is 25.9 Å². The number of amides is 4. The van der Waals surface area contributed by atoms with Crippen molar-refractivity contribution in [2.45, 2.75) is 116 Å². The van der Waals surface area contributed by atoms with E-state index in [1.807, 2.05) is 73.9 Å². The Morgan fingerprint density at radius 2 is 0.952 bits per heavy atom. The Labute approximate surface area is 365 Å². The molecule has 12 nitrogen and oxygen atoms in total. The van der Waals surface area contributed by atoms with Crippen molar-refractivity contribution >= 4 is 45.6 Å². The number of fused-ring (bicyclic) bond motifs is 2. The first-order chi connectivity index (χ1) is 29.8. The van der Waals surface area contributed by atoms with Gasteiger partial charge in [-0.15, -0.1) is 0 Å². The average Bonchev–Trinajstić information content (AvgIpc) is 4.10. The molecule has 4 N–H and O–H groups in total. The minimum Gasteiger partial charge on any atom is -0.456 e. The molecule has 330 valence electrons. The summed E-state index contributed by atoms with van der Waals surface area (Å²) in [7, 11) is 3.47. The second-order valence-electron chi connectivity index (χ2n) is 17.9. The highest BCUT2D eigenvalue weighted by molar-refractivity contribution is 5.93. The van der Waals surface area contributed by atoms with Crippen LogP contribution >= 0.6 is 0 Å². The van der Waals surface area contributed by atoms with Gasteiger partial charge >= 0.3 is 0 Å². The molecule has 7 rings (SSSR count). The van der Waals surface area contributed by atoms with Gasteiger partial charge in [-0.1, -0.05) is 88.4 Å². The quantitative estimate of drug-likeness (QED) is 0.0824. The molecule has 0 saturated carbocycles. The molecule has 0 bridgehead atoms. The van der Waals surface area contributed by atoms with Crippen LogP contribution in [0.3, 0.4) is 0 Å². The minimum absolute atomic E-state index is 0.0461. The number of furan rings is 2. The van der Waals surface area contributed by atoms with Crippen LogP contribution in [0.5, 0.6) is 0 Å². The molecule has 0 radical (unpaired) electrons. The van der Waals surface area contributed by atoms with E-state index in [-0.39, 0.29) is 47.5 Å². The number of carbonyl (C=O) groups excluding carboxylic acids is 4. The second-order valence-corrected chi connectivity index (χ2v) is 17.9. The lowest BCUT2D eigenvalue weighted by atomic mass is 9.95. The van der Waals surface area contributed by atoms with Crippen molar-refractivity contribution in [1.29, 1.82) is 0 Å². The molecular weight excluding hydrogens is 781 g/mol. The molecule has 2 aliphatic rings. The summed E-state index contributed by atoms with van der Waals surface area (Å²) in [6.45, 7) is 12.8. The largest absolute Gasteiger partial charge is 0.456 e. The number of nitrogens with one attached hydrogen (secondary N) is 4. The van der Waals surface area contributed by atoms with Crippen LogP contribution in [0.2, 0.25) is 0 Å². The summed E-state index contributed by atoms with van der Waals surface area (Å²) in [5.74, 6) is 0.926. The van der Waals surface area contributed by atoms with Gasteiger partial charge in [0.2, 0.25) is 23.6 Å². The van der Waals surface area contributed by atoms with Gasteiger partial charge in [-0.3, -0.25) is 19.2 Å². The molecule has 2 aliphatic heterocycles. The van der Waals surface area contributed by atoms with Crippen LogP contribution in [0.4, 0.5) is 0 Å². The molecule has 2 fully saturated rings.